The Bertz CT molecular complexity index is 783. The van der Waals surface area contributed by atoms with Gasteiger partial charge in [-0.3, -0.25) is 9.59 Å². The number of ether oxygens (including phenoxy) is 2. The lowest BCUT2D eigenvalue weighted by atomic mass is 9.89. The third-order valence-corrected chi connectivity index (χ3v) is 4.75. The summed E-state index contributed by atoms with van der Waals surface area (Å²) in [7, 11) is 3.04. The van der Waals surface area contributed by atoms with Crippen LogP contribution in [0.2, 0.25) is 0 Å². The molecule has 0 aromatic heterocycles. The third kappa shape index (κ3) is 3.49. The highest BCUT2D eigenvalue weighted by molar-refractivity contribution is 5.96. The van der Waals surface area contributed by atoms with Gasteiger partial charge in [0.2, 0.25) is 0 Å². The summed E-state index contributed by atoms with van der Waals surface area (Å²) in [6.45, 7) is 0.534. The highest BCUT2D eigenvalue weighted by atomic mass is 16.5. The van der Waals surface area contributed by atoms with E-state index in [1.54, 1.807) is 23.1 Å². The largest absolute Gasteiger partial charge is 0.497 e. The van der Waals surface area contributed by atoms with Crippen molar-refractivity contribution in [1.29, 1.82) is 0 Å². The van der Waals surface area contributed by atoms with Crippen molar-refractivity contribution in [3.8, 4) is 11.5 Å². The maximum Gasteiger partial charge on any atom is 0.308 e. The molecule has 1 aliphatic heterocycles. The van der Waals surface area contributed by atoms with Crippen LogP contribution in [-0.4, -0.2) is 49.2 Å². The summed E-state index contributed by atoms with van der Waals surface area (Å²) in [4.78, 5) is 26.3. The maximum atomic E-state index is 13.0. The molecule has 26 heavy (non-hydrogen) atoms. The van der Waals surface area contributed by atoms with E-state index in [0.29, 0.717) is 23.6 Å². The molecule has 1 fully saturated rings. The van der Waals surface area contributed by atoms with Crippen molar-refractivity contribution in [1.82, 2.24) is 4.90 Å². The minimum Gasteiger partial charge on any atom is -0.497 e. The van der Waals surface area contributed by atoms with Gasteiger partial charge in [0.15, 0.2) is 0 Å². The Morgan fingerprint density at radius 3 is 2.15 bits per heavy atom. The lowest BCUT2D eigenvalue weighted by Crippen LogP contribution is -2.30. The summed E-state index contributed by atoms with van der Waals surface area (Å²) in [5, 5.41) is 9.60. The minimum atomic E-state index is -0.891. The summed E-state index contributed by atoms with van der Waals surface area (Å²) >= 11 is 0. The molecular formula is C20H21NO5. The molecule has 3 rings (SSSR count). The number of carbonyl (C=O) groups excluding carboxylic acids is 1. The van der Waals surface area contributed by atoms with Crippen LogP contribution in [0.15, 0.2) is 48.5 Å². The SMILES string of the molecule is COc1cc(OC)cc(C(=O)N2CC(C(=O)O)C(c3ccccc3)C2)c1. The number of methoxy groups -OCH3 is 2. The summed E-state index contributed by atoms with van der Waals surface area (Å²) in [5.74, 6) is -0.953. The summed E-state index contributed by atoms with van der Waals surface area (Å²) < 4.78 is 10.4. The highest BCUT2D eigenvalue weighted by Crippen LogP contribution is 2.34. The van der Waals surface area contributed by atoms with E-state index in [-0.39, 0.29) is 18.4 Å². The van der Waals surface area contributed by atoms with E-state index < -0.39 is 11.9 Å². The quantitative estimate of drug-likeness (QED) is 0.892. The van der Waals surface area contributed by atoms with Crippen LogP contribution in [0, 0.1) is 5.92 Å². The lowest BCUT2D eigenvalue weighted by Gasteiger charge is -2.17. The van der Waals surface area contributed by atoms with Crippen molar-refractivity contribution < 1.29 is 24.2 Å². The topological polar surface area (TPSA) is 76.1 Å². The van der Waals surface area contributed by atoms with Crippen molar-refractivity contribution >= 4 is 11.9 Å². The number of rotatable bonds is 5. The molecule has 1 heterocycles. The van der Waals surface area contributed by atoms with Gasteiger partial charge in [-0.2, -0.15) is 0 Å². The van der Waals surface area contributed by atoms with Gasteiger partial charge in [0.1, 0.15) is 11.5 Å². The molecule has 1 amide bonds. The monoisotopic (exact) mass is 355 g/mol. The van der Waals surface area contributed by atoms with Crippen LogP contribution in [-0.2, 0) is 4.79 Å². The van der Waals surface area contributed by atoms with Crippen LogP contribution < -0.4 is 9.47 Å². The van der Waals surface area contributed by atoms with Crippen LogP contribution in [0.5, 0.6) is 11.5 Å². The lowest BCUT2D eigenvalue weighted by molar-refractivity contribution is -0.141. The number of hydrogen-bond acceptors (Lipinski definition) is 4. The van der Waals surface area contributed by atoms with Crippen LogP contribution >= 0.6 is 0 Å². The fraction of sp³-hybridized carbons (Fsp3) is 0.300. The molecule has 2 aromatic carbocycles. The van der Waals surface area contributed by atoms with Crippen LogP contribution in [0.3, 0.4) is 0 Å². The maximum absolute atomic E-state index is 13.0. The summed E-state index contributed by atoms with van der Waals surface area (Å²) in [6, 6.07) is 14.4. The van der Waals surface area contributed by atoms with E-state index in [9.17, 15) is 14.7 Å². The standard InChI is InChI=1S/C20H21NO5/c1-25-15-8-14(9-16(10-15)26-2)19(22)21-11-17(18(12-21)20(23)24)13-6-4-3-5-7-13/h3-10,17-18H,11-12H2,1-2H3,(H,23,24). The van der Waals surface area contributed by atoms with Gasteiger partial charge >= 0.3 is 5.97 Å². The van der Waals surface area contributed by atoms with Crippen LogP contribution in [0.25, 0.3) is 0 Å². The van der Waals surface area contributed by atoms with E-state index in [2.05, 4.69) is 0 Å². The second kappa shape index (κ2) is 7.47. The van der Waals surface area contributed by atoms with Crippen molar-refractivity contribution in [3.63, 3.8) is 0 Å². The first-order valence-electron chi connectivity index (χ1n) is 8.33. The smallest absolute Gasteiger partial charge is 0.308 e. The predicted octanol–water partition coefficient (Wildman–Crippen LogP) is 2.64. The first kappa shape index (κ1) is 17.8. The number of benzene rings is 2. The van der Waals surface area contributed by atoms with Crippen LogP contribution in [0.4, 0.5) is 0 Å². The van der Waals surface area contributed by atoms with Gasteiger partial charge in [0.05, 0.1) is 20.1 Å². The number of amides is 1. The predicted molar refractivity (Wildman–Crippen MR) is 95.8 cm³/mol. The number of carboxylic acids is 1. The van der Waals surface area contributed by atoms with Gasteiger partial charge < -0.3 is 19.5 Å². The Morgan fingerprint density at radius 1 is 1.00 bits per heavy atom. The molecule has 0 aliphatic carbocycles. The van der Waals surface area contributed by atoms with Gasteiger partial charge in [-0.15, -0.1) is 0 Å². The Balaban J connectivity index is 1.88. The Kier molecular flexibility index (Phi) is 5.11. The molecule has 6 heteroatoms. The van der Waals surface area contributed by atoms with E-state index in [0.717, 1.165) is 5.56 Å². The number of likely N-dealkylation sites (tertiary alicyclic amines) is 1. The Hall–Kier alpha value is -3.02. The zero-order chi connectivity index (χ0) is 18.7. The first-order valence-corrected chi connectivity index (χ1v) is 8.33. The van der Waals surface area contributed by atoms with Crippen molar-refractivity contribution in [2.45, 2.75) is 5.92 Å². The molecule has 1 N–H and O–H groups in total. The molecule has 6 nitrogen and oxygen atoms in total. The van der Waals surface area contributed by atoms with Crippen molar-refractivity contribution in [2.75, 3.05) is 27.3 Å². The molecular weight excluding hydrogens is 334 g/mol. The molecule has 0 spiro atoms. The number of hydrogen-bond donors (Lipinski definition) is 1. The van der Waals surface area contributed by atoms with Gasteiger partial charge in [-0.05, 0) is 17.7 Å². The Labute approximate surface area is 152 Å². The molecule has 2 atom stereocenters. The molecule has 136 valence electrons. The average molecular weight is 355 g/mol. The number of carboxylic acid groups (broad SMARTS) is 1. The van der Waals surface area contributed by atoms with Crippen LogP contribution in [0.1, 0.15) is 21.8 Å². The first-order chi connectivity index (χ1) is 12.5. The zero-order valence-corrected chi connectivity index (χ0v) is 14.7. The molecule has 1 aliphatic rings. The molecule has 2 unspecified atom stereocenters. The number of carbonyl (C=O) groups is 2. The minimum absolute atomic E-state index is 0.174. The zero-order valence-electron chi connectivity index (χ0n) is 14.7. The summed E-state index contributed by atoms with van der Waals surface area (Å²) in [6.07, 6.45) is 0. The number of nitrogens with zero attached hydrogens (tertiary/aromatic N) is 1. The molecule has 0 saturated carbocycles. The van der Waals surface area contributed by atoms with Crippen molar-refractivity contribution in [2.24, 2.45) is 5.92 Å². The van der Waals surface area contributed by atoms with Gasteiger partial charge in [0, 0.05) is 30.6 Å². The molecule has 1 saturated heterocycles. The van der Waals surface area contributed by atoms with E-state index in [1.807, 2.05) is 30.3 Å². The average Bonchev–Trinajstić information content (AvgIpc) is 3.13. The fourth-order valence-corrected chi connectivity index (χ4v) is 3.37. The van der Waals surface area contributed by atoms with Gasteiger partial charge in [-0.1, -0.05) is 30.3 Å². The second-order valence-corrected chi connectivity index (χ2v) is 6.27. The summed E-state index contributed by atoms with van der Waals surface area (Å²) in [5.41, 5.74) is 1.34. The molecule has 0 bridgehead atoms. The van der Waals surface area contributed by atoms with E-state index in [4.69, 9.17) is 9.47 Å². The number of aliphatic carboxylic acids is 1. The van der Waals surface area contributed by atoms with Crippen molar-refractivity contribution in [3.05, 3.63) is 59.7 Å². The van der Waals surface area contributed by atoms with E-state index in [1.165, 1.54) is 14.2 Å². The van der Waals surface area contributed by atoms with Gasteiger partial charge in [0.25, 0.3) is 5.91 Å². The second-order valence-electron chi connectivity index (χ2n) is 6.27. The highest BCUT2D eigenvalue weighted by Gasteiger charge is 2.40. The van der Waals surface area contributed by atoms with E-state index >= 15 is 0 Å². The molecule has 0 radical (unpaired) electrons. The molecule has 2 aromatic rings. The normalized spacial score (nSPS) is 19.2. The Morgan fingerprint density at radius 2 is 1.62 bits per heavy atom. The van der Waals surface area contributed by atoms with Gasteiger partial charge in [-0.25, -0.2) is 0 Å². The third-order valence-electron chi connectivity index (χ3n) is 4.75. The fourth-order valence-electron chi connectivity index (χ4n) is 3.37.